The van der Waals surface area contributed by atoms with Gasteiger partial charge in [-0.25, -0.2) is 19.0 Å². The summed E-state index contributed by atoms with van der Waals surface area (Å²) in [6.45, 7) is 6.60. The zero-order valence-electron chi connectivity index (χ0n) is 19.4. The first-order valence-corrected chi connectivity index (χ1v) is 11.1. The molecule has 10 heteroatoms. The summed E-state index contributed by atoms with van der Waals surface area (Å²) in [5.74, 6) is 1.02. The number of benzene rings is 1. The maximum absolute atomic E-state index is 13.4. The molecule has 5 rings (SSSR count). The van der Waals surface area contributed by atoms with E-state index in [1.807, 2.05) is 19.9 Å². The lowest BCUT2D eigenvalue weighted by molar-refractivity contribution is -0.498. The second-order valence-corrected chi connectivity index (χ2v) is 8.71. The molecule has 4 N–H and O–H groups in total. The number of halogens is 1. The Balaban J connectivity index is 0.00000274. The number of hydrogen-bond donors (Lipinski definition) is 1. The van der Waals surface area contributed by atoms with Crippen LogP contribution in [0, 0.1) is 37.7 Å². The number of aromatic nitrogens is 6. The molecule has 0 aliphatic heterocycles. The van der Waals surface area contributed by atoms with Crippen LogP contribution in [0.15, 0.2) is 36.7 Å². The van der Waals surface area contributed by atoms with Crippen molar-refractivity contribution in [2.24, 2.45) is 5.92 Å². The molecule has 1 aromatic carbocycles. The lowest BCUT2D eigenvalue weighted by atomic mass is 10.0. The Morgan fingerprint density at radius 3 is 2.47 bits per heavy atom. The van der Waals surface area contributed by atoms with E-state index in [2.05, 4.69) is 26.7 Å². The second kappa shape index (κ2) is 9.41. The molecule has 4 aromatic rings. The van der Waals surface area contributed by atoms with Gasteiger partial charge in [0.05, 0.1) is 11.4 Å². The molecule has 1 fully saturated rings. The maximum Gasteiger partial charge on any atom is 0.174 e. The van der Waals surface area contributed by atoms with Crippen molar-refractivity contribution < 1.29 is 15.3 Å². The molecule has 0 radical (unpaired) electrons. The first-order valence-electron chi connectivity index (χ1n) is 11.1. The average Bonchev–Trinajstić information content (AvgIpc) is 3.52. The molecule has 1 saturated carbocycles. The molecule has 9 nitrogen and oxygen atoms in total. The van der Waals surface area contributed by atoms with Crippen LogP contribution in [0.3, 0.4) is 0 Å². The Bertz CT molecular complexity index is 1310. The van der Waals surface area contributed by atoms with E-state index in [1.54, 1.807) is 16.8 Å². The van der Waals surface area contributed by atoms with Crippen molar-refractivity contribution in [3.63, 3.8) is 0 Å². The van der Waals surface area contributed by atoms with Crippen molar-refractivity contribution in [2.45, 2.75) is 46.6 Å². The molecule has 3 heterocycles. The molecule has 0 unspecified atom stereocenters. The Morgan fingerprint density at radius 1 is 1.09 bits per heavy atom. The van der Waals surface area contributed by atoms with Gasteiger partial charge in [-0.3, -0.25) is 4.68 Å². The topological polar surface area (TPSA) is 133 Å². The van der Waals surface area contributed by atoms with Gasteiger partial charge >= 0.3 is 0 Å². The zero-order chi connectivity index (χ0) is 23.1. The summed E-state index contributed by atoms with van der Waals surface area (Å²) in [5, 5.41) is 20.8. The van der Waals surface area contributed by atoms with Crippen LogP contribution in [0.1, 0.15) is 41.2 Å². The van der Waals surface area contributed by atoms with E-state index in [-0.39, 0.29) is 11.3 Å². The molecule has 0 atom stereocenters. The molecule has 34 heavy (non-hydrogen) atoms. The summed E-state index contributed by atoms with van der Waals surface area (Å²) < 4.78 is 17.2. The van der Waals surface area contributed by atoms with Crippen LogP contribution in [0.5, 0.6) is 0 Å². The Labute approximate surface area is 196 Å². The van der Waals surface area contributed by atoms with Gasteiger partial charge in [0.1, 0.15) is 23.5 Å². The van der Waals surface area contributed by atoms with E-state index >= 15 is 0 Å². The fraction of sp³-hybridized carbons (Fsp3) is 0.333. The third-order valence-electron chi connectivity index (χ3n) is 6.31. The van der Waals surface area contributed by atoms with Gasteiger partial charge in [0.15, 0.2) is 11.5 Å². The SMILES string of the molecule is Cc1nn(-c2cc(Cc3c(C)c(-c4ccc(F)cc4)nn3CC3CC3)ncn2)c(C)c1[NH2+][O-].O. The molecular formula is C24H28FN7O2. The van der Waals surface area contributed by atoms with Gasteiger partial charge in [-0.15, -0.1) is 0 Å². The van der Waals surface area contributed by atoms with Crippen LogP contribution in [0.25, 0.3) is 17.1 Å². The predicted octanol–water partition coefficient (Wildman–Crippen LogP) is 2.46. The van der Waals surface area contributed by atoms with Gasteiger partial charge in [0.2, 0.25) is 0 Å². The number of nitrogens with zero attached hydrogens (tertiary/aromatic N) is 6. The van der Waals surface area contributed by atoms with Crippen molar-refractivity contribution in [1.82, 2.24) is 29.5 Å². The highest BCUT2D eigenvalue weighted by Crippen LogP contribution is 2.33. The predicted molar refractivity (Wildman–Crippen MR) is 125 cm³/mol. The molecule has 0 amide bonds. The highest BCUT2D eigenvalue weighted by molar-refractivity contribution is 5.64. The summed E-state index contributed by atoms with van der Waals surface area (Å²) in [7, 11) is 0. The van der Waals surface area contributed by atoms with E-state index < -0.39 is 0 Å². The van der Waals surface area contributed by atoms with Gasteiger partial charge in [0, 0.05) is 30.3 Å². The van der Waals surface area contributed by atoms with Crippen LogP contribution in [-0.2, 0) is 13.0 Å². The van der Waals surface area contributed by atoms with E-state index in [0.29, 0.717) is 29.5 Å². The number of rotatable bonds is 7. The average molecular weight is 466 g/mol. The fourth-order valence-electron chi connectivity index (χ4n) is 4.21. The van der Waals surface area contributed by atoms with Crippen LogP contribution >= 0.6 is 0 Å². The van der Waals surface area contributed by atoms with Crippen LogP contribution in [0.2, 0.25) is 0 Å². The molecule has 1 aliphatic carbocycles. The summed E-state index contributed by atoms with van der Waals surface area (Å²) in [6.07, 6.45) is 4.55. The third kappa shape index (κ3) is 4.47. The van der Waals surface area contributed by atoms with Crippen molar-refractivity contribution in [3.8, 4) is 17.1 Å². The molecule has 178 valence electrons. The first-order chi connectivity index (χ1) is 15.9. The van der Waals surface area contributed by atoms with Crippen LogP contribution < -0.4 is 5.48 Å². The minimum absolute atomic E-state index is 0. The number of hydrogen-bond acceptors (Lipinski definition) is 5. The lowest BCUT2D eigenvalue weighted by Gasteiger charge is -2.09. The zero-order valence-corrected chi connectivity index (χ0v) is 19.4. The van der Waals surface area contributed by atoms with E-state index in [0.717, 1.165) is 45.9 Å². The first kappa shape index (κ1) is 23.7. The highest BCUT2D eigenvalue weighted by Gasteiger charge is 2.26. The van der Waals surface area contributed by atoms with Crippen molar-refractivity contribution in [1.29, 1.82) is 0 Å². The van der Waals surface area contributed by atoms with Crippen molar-refractivity contribution >= 4 is 5.69 Å². The molecule has 0 bridgehead atoms. The van der Waals surface area contributed by atoms with Crippen LogP contribution in [0.4, 0.5) is 10.1 Å². The lowest BCUT2D eigenvalue weighted by Crippen LogP contribution is -2.70. The van der Waals surface area contributed by atoms with Gasteiger partial charge in [0.25, 0.3) is 0 Å². The quantitative estimate of drug-likeness (QED) is 0.419. The highest BCUT2D eigenvalue weighted by atomic mass is 19.1. The standard InChI is InChI=1S/C24H26FN7O.H2O/c1-14-21(31(12-17-4-5-17)29-23(14)18-6-8-19(25)9-7-18)10-20-11-22(27-13-26-20)32-16(3)24(30-33)15(2)28-32;/h6-9,11,13,17H,4-5,10,12,30H2,1-3H3;1H2. The van der Waals surface area contributed by atoms with Crippen molar-refractivity contribution in [3.05, 3.63) is 76.0 Å². The van der Waals surface area contributed by atoms with Crippen LogP contribution in [-0.4, -0.2) is 35.0 Å². The van der Waals surface area contributed by atoms with Gasteiger partial charge < -0.3 is 16.2 Å². The van der Waals surface area contributed by atoms with Gasteiger partial charge in [-0.2, -0.15) is 10.2 Å². The number of quaternary nitrogens is 1. The largest absolute Gasteiger partial charge is 0.630 e. The monoisotopic (exact) mass is 465 g/mol. The minimum Gasteiger partial charge on any atom is -0.630 e. The summed E-state index contributed by atoms with van der Waals surface area (Å²) in [5.41, 5.74) is 7.59. The Hall–Kier alpha value is -3.47. The van der Waals surface area contributed by atoms with E-state index in [9.17, 15) is 9.60 Å². The Kier molecular flexibility index (Phi) is 6.56. The summed E-state index contributed by atoms with van der Waals surface area (Å²) in [6, 6.07) is 8.37. The van der Waals surface area contributed by atoms with E-state index in [1.165, 1.54) is 31.3 Å². The summed E-state index contributed by atoms with van der Waals surface area (Å²) in [4.78, 5) is 8.88. The fourth-order valence-corrected chi connectivity index (χ4v) is 4.21. The Morgan fingerprint density at radius 2 is 1.82 bits per heavy atom. The molecule has 0 saturated heterocycles. The van der Waals surface area contributed by atoms with Gasteiger partial charge in [-0.05, 0) is 69.4 Å². The normalized spacial score (nSPS) is 13.2. The maximum atomic E-state index is 13.4. The number of nitrogens with two attached hydrogens (primary N) is 1. The van der Waals surface area contributed by atoms with E-state index in [4.69, 9.17) is 5.10 Å². The third-order valence-corrected chi connectivity index (χ3v) is 6.31. The smallest absolute Gasteiger partial charge is 0.174 e. The second-order valence-electron chi connectivity index (χ2n) is 8.71. The van der Waals surface area contributed by atoms with Crippen molar-refractivity contribution in [2.75, 3.05) is 0 Å². The molecule has 0 spiro atoms. The summed E-state index contributed by atoms with van der Waals surface area (Å²) >= 11 is 0. The minimum atomic E-state index is -0.260. The van der Waals surface area contributed by atoms with Gasteiger partial charge in [-0.1, -0.05) is 0 Å². The molecule has 1 aliphatic rings. The molecular weight excluding hydrogens is 437 g/mol. The molecule has 3 aromatic heterocycles. The number of aryl methyl sites for hydroxylation is 1.